The maximum Gasteiger partial charge on any atom is 0.318 e. The predicted octanol–water partition coefficient (Wildman–Crippen LogP) is 6.15. The van der Waals surface area contributed by atoms with Crippen molar-refractivity contribution in [3.8, 4) is 17.3 Å². The van der Waals surface area contributed by atoms with Crippen LogP contribution in [0.3, 0.4) is 0 Å². The van der Waals surface area contributed by atoms with Crippen molar-refractivity contribution in [2.45, 2.75) is 58.5 Å². The SMILES string of the molecule is COc1nccc(N(C)c2ccc(C)c(-c3cn(C4CCC(NC(=O)c5ccc6c(c5)C(=O)N(c5cc(C)ccc5C)C6=O)CC4)nn3)c2)n1. The summed E-state index contributed by atoms with van der Waals surface area (Å²) in [7, 11) is 3.48. The fraction of sp³-hybridized carbons (Fsp3) is 0.289. The van der Waals surface area contributed by atoms with Crippen LogP contribution in [0.2, 0.25) is 0 Å². The van der Waals surface area contributed by atoms with Gasteiger partial charge >= 0.3 is 6.01 Å². The third-order valence-corrected chi connectivity index (χ3v) is 9.70. The van der Waals surface area contributed by atoms with Crippen LogP contribution in [0.15, 0.2) is 73.1 Å². The maximum atomic E-state index is 13.4. The second-order valence-corrected chi connectivity index (χ2v) is 13.0. The molecule has 50 heavy (non-hydrogen) atoms. The molecule has 12 heteroatoms. The first-order valence-electron chi connectivity index (χ1n) is 16.7. The molecule has 3 aromatic carbocycles. The lowest BCUT2D eigenvalue weighted by Crippen LogP contribution is -2.38. The molecule has 5 aromatic rings. The number of carbonyl (C=O) groups is 3. The number of nitrogens with one attached hydrogen (secondary N) is 1. The van der Waals surface area contributed by atoms with Crippen LogP contribution in [0, 0.1) is 20.8 Å². The normalized spacial score (nSPS) is 17.1. The lowest BCUT2D eigenvalue weighted by atomic mass is 9.91. The molecule has 3 amide bonds. The standard InChI is InChI=1S/C38H38N8O4/c1-22-6-7-24(3)33(18-22)46-36(48)29-15-9-25(19-31(29)37(46)49)35(47)40-26-10-13-27(14-11-26)45-21-32(42-43-45)30-20-28(12-8-23(30)2)44(4)34-16-17-39-38(41-34)50-5/h6-9,12,15-21,26-27H,10-11,13-14H2,1-5H3,(H,40,47). The quantitative estimate of drug-likeness (QED) is 0.193. The number of hydrogen-bond donors (Lipinski definition) is 1. The summed E-state index contributed by atoms with van der Waals surface area (Å²) in [6.07, 6.45) is 6.86. The smallest absolute Gasteiger partial charge is 0.318 e. The number of anilines is 3. The van der Waals surface area contributed by atoms with Crippen molar-refractivity contribution in [3.05, 3.63) is 106 Å². The number of amides is 3. The number of aryl methyl sites for hydroxylation is 3. The van der Waals surface area contributed by atoms with E-state index in [1.54, 1.807) is 25.4 Å². The molecule has 2 aliphatic rings. The monoisotopic (exact) mass is 670 g/mol. The average Bonchev–Trinajstić information content (AvgIpc) is 3.72. The van der Waals surface area contributed by atoms with Crippen molar-refractivity contribution < 1.29 is 19.1 Å². The largest absolute Gasteiger partial charge is 0.467 e. The highest BCUT2D eigenvalue weighted by molar-refractivity contribution is 6.35. The Morgan fingerprint density at radius 3 is 2.42 bits per heavy atom. The number of rotatable bonds is 8. The number of carbonyl (C=O) groups excluding carboxylic acids is 3. The van der Waals surface area contributed by atoms with Gasteiger partial charge in [0.1, 0.15) is 11.5 Å². The zero-order valence-corrected chi connectivity index (χ0v) is 28.7. The van der Waals surface area contributed by atoms with Crippen LogP contribution in [-0.2, 0) is 0 Å². The van der Waals surface area contributed by atoms with E-state index in [9.17, 15) is 14.4 Å². The van der Waals surface area contributed by atoms with Gasteiger partial charge in [-0.25, -0.2) is 14.6 Å². The van der Waals surface area contributed by atoms with Gasteiger partial charge in [0.15, 0.2) is 0 Å². The molecule has 7 rings (SSSR count). The minimum atomic E-state index is -0.415. The Balaban J connectivity index is 0.989. The Kier molecular flexibility index (Phi) is 8.60. The molecule has 254 valence electrons. The summed E-state index contributed by atoms with van der Waals surface area (Å²) in [6.45, 7) is 5.84. The Hall–Kier alpha value is -5.91. The van der Waals surface area contributed by atoms with Gasteiger partial charge in [0.25, 0.3) is 17.7 Å². The summed E-state index contributed by atoms with van der Waals surface area (Å²) < 4.78 is 7.12. The lowest BCUT2D eigenvalue weighted by Gasteiger charge is -2.29. The third-order valence-electron chi connectivity index (χ3n) is 9.70. The van der Waals surface area contributed by atoms with Crippen LogP contribution in [0.5, 0.6) is 6.01 Å². The van der Waals surface area contributed by atoms with E-state index in [0.29, 0.717) is 28.6 Å². The van der Waals surface area contributed by atoms with Crippen LogP contribution in [-0.4, -0.2) is 62.9 Å². The number of hydrogen-bond acceptors (Lipinski definition) is 9. The topological polar surface area (TPSA) is 135 Å². The highest BCUT2D eigenvalue weighted by Crippen LogP contribution is 2.34. The molecule has 0 saturated heterocycles. The molecule has 0 bridgehead atoms. The van der Waals surface area contributed by atoms with E-state index in [1.807, 2.05) is 67.0 Å². The minimum absolute atomic E-state index is 0.0198. The van der Waals surface area contributed by atoms with E-state index in [4.69, 9.17) is 4.74 Å². The van der Waals surface area contributed by atoms with Gasteiger partial charge < -0.3 is 15.0 Å². The molecule has 12 nitrogen and oxygen atoms in total. The first-order valence-corrected chi connectivity index (χ1v) is 16.7. The summed E-state index contributed by atoms with van der Waals surface area (Å²) in [6, 6.07) is 18.8. The Labute approximate surface area is 290 Å². The molecular weight excluding hydrogens is 632 g/mol. The van der Waals surface area contributed by atoms with Crippen molar-refractivity contribution in [3.63, 3.8) is 0 Å². The fourth-order valence-electron chi connectivity index (χ4n) is 6.74. The molecule has 1 aliphatic heterocycles. The summed E-state index contributed by atoms with van der Waals surface area (Å²) in [5.41, 5.74) is 7.04. The number of nitrogens with zero attached hydrogens (tertiary/aromatic N) is 7. The Morgan fingerprint density at radius 1 is 0.880 bits per heavy atom. The number of fused-ring (bicyclic) bond motifs is 1. The van der Waals surface area contributed by atoms with Gasteiger partial charge in [-0.2, -0.15) is 4.98 Å². The van der Waals surface area contributed by atoms with Gasteiger partial charge in [0, 0.05) is 36.1 Å². The summed E-state index contributed by atoms with van der Waals surface area (Å²) in [5.74, 6) is -0.343. The zero-order valence-electron chi connectivity index (χ0n) is 28.7. The van der Waals surface area contributed by atoms with Crippen LogP contribution in [0.1, 0.15) is 79.5 Å². The first-order chi connectivity index (χ1) is 24.1. The van der Waals surface area contributed by atoms with Gasteiger partial charge in [0.2, 0.25) is 0 Å². The summed E-state index contributed by atoms with van der Waals surface area (Å²) in [5, 5.41) is 12.2. The second kappa shape index (κ2) is 13.2. The van der Waals surface area contributed by atoms with E-state index in [1.165, 1.54) is 11.0 Å². The Bertz CT molecular complexity index is 2140. The molecular formula is C38H38N8O4. The summed E-state index contributed by atoms with van der Waals surface area (Å²) in [4.78, 5) is 51.7. The van der Waals surface area contributed by atoms with E-state index in [-0.39, 0.29) is 29.5 Å². The molecule has 0 atom stereocenters. The molecule has 1 saturated carbocycles. The molecule has 1 N–H and O–H groups in total. The molecule has 0 radical (unpaired) electrons. The number of ether oxygens (including phenoxy) is 1. The molecule has 0 unspecified atom stereocenters. The van der Waals surface area contributed by atoms with E-state index in [0.717, 1.165) is 59.3 Å². The van der Waals surface area contributed by atoms with Gasteiger partial charge in [-0.05, 0) is 106 Å². The third kappa shape index (κ3) is 6.08. The van der Waals surface area contributed by atoms with Crippen LogP contribution >= 0.6 is 0 Å². The number of benzene rings is 3. The van der Waals surface area contributed by atoms with Crippen LogP contribution in [0.25, 0.3) is 11.3 Å². The molecule has 1 aliphatic carbocycles. The number of methoxy groups -OCH3 is 1. The lowest BCUT2D eigenvalue weighted by molar-refractivity contribution is 0.0914. The van der Waals surface area contributed by atoms with Crippen molar-refractivity contribution in [2.75, 3.05) is 24.0 Å². The van der Waals surface area contributed by atoms with Crippen molar-refractivity contribution in [2.24, 2.45) is 0 Å². The molecule has 2 aromatic heterocycles. The Morgan fingerprint density at radius 2 is 1.64 bits per heavy atom. The molecule has 1 fully saturated rings. The maximum absolute atomic E-state index is 13.4. The van der Waals surface area contributed by atoms with Gasteiger partial charge in [-0.3, -0.25) is 14.4 Å². The fourth-order valence-corrected chi connectivity index (χ4v) is 6.74. The summed E-state index contributed by atoms with van der Waals surface area (Å²) >= 11 is 0. The predicted molar refractivity (Wildman–Crippen MR) is 189 cm³/mol. The van der Waals surface area contributed by atoms with Crippen molar-refractivity contribution >= 4 is 34.9 Å². The zero-order chi connectivity index (χ0) is 35.1. The highest BCUT2D eigenvalue weighted by Gasteiger charge is 2.38. The van der Waals surface area contributed by atoms with Crippen molar-refractivity contribution in [1.82, 2.24) is 30.3 Å². The molecule has 0 spiro atoms. The number of imide groups is 1. The van der Waals surface area contributed by atoms with Gasteiger partial charge in [-0.15, -0.1) is 5.10 Å². The average molecular weight is 671 g/mol. The minimum Gasteiger partial charge on any atom is -0.467 e. The van der Waals surface area contributed by atoms with E-state index >= 15 is 0 Å². The van der Waals surface area contributed by atoms with E-state index in [2.05, 4.69) is 44.7 Å². The van der Waals surface area contributed by atoms with Gasteiger partial charge in [-0.1, -0.05) is 23.4 Å². The first kappa shape index (κ1) is 32.6. The van der Waals surface area contributed by atoms with E-state index < -0.39 is 5.91 Å². The number of aromatic nitrogens is 5. The highest BCUT2D eigenvalue weighted by atomic mass is 16.5. The van der Waals surface area contributed by atoms with Crippen LogP contribution in [0.4, 0.5) is 17.2 Å². The second-order valence-electron chi connectivity index (χ2n) is 13.0. The molecule has 3 heterocycles. The van der Waals surface area contributed by atoms with Crippen molar-refractivity contribution in [1.29, 1.82) is 0 Å². The van der Waals surface area contributed by atoms with Crippen LogP contribution < -0.4 is 19.9 Å². The van der Waals surface area contributed by atoms with Gasteiger partial charge in [0.05, 0.1) is 36.2 Å².